The van der Waals surface area contributed by atoms with Crippen LogP contribution in [0.2, 0.25) is 0 Å². The smallest absolute Gasteiger partial charge is 0.408 e. The number of rotatable bonds is 42. The lowest BCUT2D eigenvalue weighted by atomic mass is 10.1. The molecule has 2 atom stereocenters. The van der Waals surface area contributed by atoms with Gasteiger partial charge in [0.2, 0.25) is 23.6 Å². The Kier molecular flexibility index (Phi) is 33.1. The van der Waals surface area contributed by atoms with Gasteiger partial charge in [-0.25, -0.2) is 28.0 Å². The van der Waals surface area contributed by atoms with Crippen molar-refractivity contribution in [3.05, 3.63) is 258 Å². The zero-order valence-corrected chi connectivity index (χ0v) is 57.9. The number of hydrogen-bond donors (Lipinski definition) is 6. The Morgan fingerprint density at radius 1 is 0.377 bits per heavy atom. The zero-order valence-electron chi connectivity index (χ0n) is 57.9. The fourth-order valence-corrected chi connectivity index (χ4v) is 10.5. The van der Waals surface area contributed by atoms with Gasteiger partial charge >= 0.3 is 24.1 Å². The summed E-state index contributed by atoms with van der Waals surface area (Å²) < 4.78 is 49.0. The van der Waals surface area contributed by atoms with Crippen molar-refractivity contribution in [3.8, 4) is 0 Å². The second kappa shape index (κ2) is 43.5. The molecule has 0 heterocycles. The van der Waals surface area contributed by atoms with E-state index in [0.29, 0.717) is 33.4 Å². The highest BCUT2D eigenvalue weighted by Gasteiger charge is 2.28. The molecule has 0 aliphatic heterocycles. The SMILES string of the molecule is O=C(CN(CC(=O)NCCc1ccc(F)cc1)C(=O)c1cccc(C(=O)N(CC(=O)NCCCC[C@H](NC(=O)OCc2ccccc2)C(=O)OCCc2ccc([N+](=O)[O-])cc2)CC(=O)NCCc2ccc(F)cc2)c1)NCCCC[C@H](NC(=O)OCc1ccccc1)C(=O)OCCc1ccc([N+](=O)[O-])cc1. The summed E-state index contributed by atoms with van der Waals surface area (Å²) in [6.07, 6.45) is 0.109. The Labute approximate surface area is 609 Å². The lowest BCUT2D eigenvalue weighted by Gasteiger charge is -2.24. The van der Waals surface area contributed by atoms with E-state index in [0.717, 1.165) is 9.80 Å². The van der Waals surface area contributed by atoms with Crippen LogP contribution in [-0.4, -0.2) is 157 Å². The molecule has 8 amide bonds. The minimum atomic E-state index is -1.20. The number of esters is 2. The highest BCUT2D eigenvalue weighted by molar-refractivity contribution is 6.03. The molecule has 0 aliphatic carbocycles. The zero-order chi connectivity index (χ0) is 76.0. The molecule has 7 aromatic carbocycles. The van der Waals surface area contributed by atoms with Crippen molar-refractivity contribution in [1.82, 2.24) is 41.7 Å². The third-order valence-corrected chi connectivity index (χ3v) is 16.2. The Bertz CT molecular complexity index is 3830. The van der Waals surface area contributed by atoms with Crippen molar-refractivity contribution < 1.29 is 85.5 Å². The van der Waals surface area contributed by atoms with Crippen molar-refractivity contribution >= 4 is 70.9 Å². The molecular formula is C76H82F2N10O18. The third kappa shape index (κ3) is 29.5. The first-order valence-corrected chi connectivity index (χ1v) is 34.1. The first kappa shape index (κ1) is 80.8. The van der Waals surface area contributed by atoms with Crippen LogP contribution >= 0.6 is 0 Å². The number of non-ortho nitro benzene ring substituents is 2. The normalized spacial score (nSPS) is 11.3. The fourth-order valence-electron chi connectivity index (χ4n) is 10.5. The van der Waals surface area contributed by atoms with Crippen molar-refractivity contribution in [2.45, 2.75) is 89.5 Å². The lowest BCUT2D eigenvalue weighted by Crippen LogP contribution is -2.47. The van der Waals surface area contributed by atoms with Gasteiger partial charge in [-0.1, -0.05) is 115 Å². The molecule has 6 N–H and O–H groups in total. The van der Waals surface area contributed by atoms with Crippen LogP contribution in [0.5, 0.6) is 0 Å². The van der Waals surface area contributed by atoms with Gasteiger partial charge < -0.3 is 60.6 Å². The molecule has 0 aromatic heterocycles. The monoisotopic (exact) mass is 1460 g/mol. The number of carbonyl (C=O) groups is 10. The van der Waals surface area contributed by atoms with Crippen LogP contribution in [0.1, 0.15) is 92.6 Å². The van der Waals surface area contributed by atoms with Gasteiger partial charge in [-0.15, -0.1) is 0 Å². The Balaban J connectivity index is 0.992. The summed E-state index contributed by atoms with van der Waals surface area (Å²) in [7, 11) is 0. The van der Waals surface area contributed by atoms with Crippen LogP contribution in [0.15, 0.2) is 182 Å². The number of carbonyl (C=O) groups excluding carboxylic acids is 10. The van der Waals surface area contributed by atoms with Crippen molar-refractivity contribution in [1.29, 1.82) is 0 Å². The molecule has 0 saturated carbocycles. The first-order chi connectivity index (χ1) is 51.1. The second-order valence-electron chi connectivity index (χ2n) is 24.2. The predicted molar refractivity (Wildman–Crippen MR) is 381 cm³/mol. The standard InChI is InChI=1S/C76H82F2N10O18/c77-61-28-20-53(21-29-61)36-42-81-69(91)49-85(47-67(89)79-40-9-7-18-65(83-75(97)105-51-57-12-3-1-4-13-57)73(95)103-44-38-55-24-32-63(33-25-55)87(99)100)71(93)59-16-11-17-60(46-59)72(94)86(50-70(92)82-43-37-54-22-30-62(78)31-23-54)48-68(90)80-41-10-8-19-66(84-76(98)106-52-58-14-5-2-6-15-58)74(96)104-45-39-56-26-34-64(35-27-56)88(101)102/h1-6,11-17,20-35,46,65-66H,7-10,18-19,36-45,47-52H2,(H,79,89)(H,80,90)(H,81,91)(H,82,92)(H,83,97)(H,84,98)/t65-,66-/m0/s1. The van der Waals surface area contributed by atoms with Gasteiger partial charge in [-0.05, 0) is 127 Å². The van der Waals surface area contributed by atoms with E-state index in [1.807, 2.05) is 0 Å². The van der Waals surface area contributed by atoms with Crippen LogP contribution in [-0.2, 0) is 86.6 Å². The van der Waals surface area contributed by atoms with E-state index in [1.54, 1.807) is 60.7 Å². The lowest BCUT2D eigenvalue weighted by molar-refractivity contribution is -0.385. The maximum atomic E-state index is 14.6. The molecule has 0 aliphatic rings. The van der Waals surface area contributed by atoms with E-state index in [2.05, 4.69) is 31.9 Å². The summed E-state index contributed by atoms with van der Waals surface area (Å²) >= 11 is 0. The summed E-state index contributed by atoms with van der Waals surface area (Å²) in [6.45, 7) is -3.11. The van der Waals surface area contributed by atoms with E-state index >= 15 is 0 Å². The molecule has 558 valence electrons. The van der Waals surface area contributed by atoms with Crippen molar-refractivity contribution in [2.24, 2.45) is 0 Å². The third-order valence-electron chi connectivity index (χ3n) is 16.2. The van der Waals surface area contributed by atoms with Crippen LogP contribution < -0.4 is 31.9 Å². The van der Waals surface area contributed by atoms with Gasteiger partial charge in [0.15, 0.2) is 0 Å². The summed E-state index contributed by atoms with van der Waals surface area (Å²) in [5, 5.41) is 38.1. The maximum absolute atomic E-state index is 14.6. The number of unbranched alkanes of at least 4 members (excludes halogenated alkanes) is 2. The summed E-state index contributed by atoms with van der Waals surface area (Å²) in [5.41, 5.74) is 3.47. The minimum Gasteiger partial charge on any atom is -0.464 e. The molecule has 0 fully saturated rings. The van der Waals surface area contributed by atoms with E-state index in [9.17, 15) is 77.0 Å². The van der Waals surface area contributed by atoms with Gasteiger partial charge in [0, 0.05) is 74.4 Å². The van der Waals surface area contributed by atoms with E-state index in [1.165, 1.54) is 121 Å². The van der Waals surface area contributed by atoms with Crippen LogP contribution in [0.3, 0.4) is 0 Å². The fraction of sp³-hybridized carbons (Fsp3) is 0.316. The number of benzene rings is 7. The molecule has 0 unspecified atom stereocenters. The Hall–Kier alpha value is -12.5. The number of alkyl carbamates (subject to hydrolysis) is 2. The molecule has 0 saturated heterocycles. The number of nitro benzene ring substituents is 2. The van der Waals surface area contributed by atoms with Gasteiger partial charge in [0.05, 0.1) is 23.1 Å². The second-order valence-corrected chi connectivity index (χ2v) is 24.2. The number of ether oxygens (including phenoxy) is 4. The average molecular weight is 1460 g/mol. The minimum absolute atomic E-state index is 0.0167. The summed E-state index contributed by atoms with van der Waals surface area (Å²) in [6, 6.07) is 43.0. The van der Waals surface area contributed by atoms with Crippen molar-refractivity contribution in [2.75, 3.05) is 65.6 Å². The molecule has 7 rings (SSSR count). The number of amides is 8. The quantitative estimate of drug-likeness (QED) is 0.00691. The van der Waals surface area contributed by atoms with Gasteiger partial charge in [-0.2, -0.15) is 0 Å². The molecule has 0 bridgehead atoms. The van der Waals surface area contributed by atoms with Gasteiger partial charge in [-0.3, -0.25) is 49.0 Å². The summed E-state index contributed by atoms with van der Waals surface area (Å²) in [5.74, 6) is -7.11. The largest absolute Gasteiger partial charge is 0.464 e. The maximum Gasteiger partial charge on any atom is 0.408 e. The number of nitro groups is 2. The topological polar surface area (TPSA) is 373 Å². The van der Waals surface area contributed by atoms with Crippen LogP contribution in [0, 0.1) is 31.9 Å². The molecule has 30 heteroatoms. The predicted octanol–water partition coefficient (Wildman–Crippen LogP) is 8.12. The van der Waals surface area contributed by atoms with Gasteiger partial charge in [0.1, 0.15) is 63.1 Å². The van der Waals surface area contributed by atoms with Crippen LogP contribution in [0.25, 0.3) is 0 Å². The Morgan fingerprint density at radius 2 is 0.708 bits per heavy atom. The highest BCUT2D eigenvalue weighted by atomic mass is 19.1. The first-order valence-electron chi connectivity index (χ1n) is 34.1. The Morgan fingerprint density at radius 3 is 1.06 bits per heavy atom. The van der Waals surface area contributed by atoms with Crippen molar-refractivity contribution in [3.63, 3.8) is 0 Å². The highest BCUT2D eigenvalue weighted by Crippen LogP contribution is 2.18. The molecular weight excluding hydrogens is 1380 g/mol. The van der Waals surface area contributed by atoms with E-state index < -0.39 is 119 Å². The summed E-state index contributed by atoms with van der Waals surface area (Å²) in [4.78, 5) is 160. The number of nitrogens with one attached hydrogen (secondary N) is 6. The molecule has 0 radical (unpaired) electrons. The number of halogens is 2. The molecule has 7 aromatic rings. The van der Waals surface area contributed by atoms with E-state index in [-0.39, 0.29) is 139 Å². The average Bonchev–Trinajstić information content (AvgIpc) is 0.827. The molecule has 0 spiro atoms. The van der Waals surface area contributed by atoms with Gasteiger partial charge in [0.25, 0.3) is 23.2 Å². The number of nitrogens with zero attached hydrogens (tertiary/aromatic N) is 4. The van der Waals surface area contributed by atoms with Crippen LogP contribution in [0.4, 0.5) is 29.7 Å². The molecule has 106 heavy (non-hydrogen) atoms. The molecule has 28 nitrogen and oxygen atoms in total. The van der Waals surface area contributed by atoms with E-state index in [4.69, 9.17) is 18.9 Å². The number of hydrogen-bond acceptors (Lipinski definition) is 18.